The molecular weight excluding hydrogens is 320 g/mol. The first-order valence-corrected chi connectivity index (χ1v) is 8.60. The van der Waals surface area contributed by atoms with Crippen LogP contribution in [0.5, 0.6) is 5.75 Å². The first-order chi connectivity index (χ1) is 12.2. The fourth-order valence-electron chi connectivity index (χ4n) is 3.64. The molecule has 25 heavy (non-hydrogen) atoms. The van der Waals surface area contributed by atoms with Crippen molar-refractivity contribution in [3.05, 3.63) is 42.2 Å². The van der Waals surface area contributed by atoms with Crippen LogP contribution in [0.1, 0.15) is 23.2 Å². The Labute approximate surface area is 146 Å². The molecule has 6 nitrogen and oxygen atoms in total. The number of methoxy groups -OCH3 is 1. The van der Waals surface area contributed by atoms with Crippen molar-refractivity contribution in [1.29, 1.82) is 0 Å². The van der Waals surface area contributed by atoms with E-state index in [1.54, 1.807) is 13.3 Å². The van der Waals surface area contributed by atoms with Crippen LogP contribution < -0.4 is 4.74 Å². The number of nitrogens with one attached hydrogen (secondary N) is 1. The van der Waals surface area contributed by atoms with Crippen LogP contribution in [0.2, 0.25) is 0 Å². The molecule has 132 valence electrons. The lowest BCUT2D eigenvalue weighted by atomic mass is 10.00. The Hall–Kier alpha value is -2.31. The largest absolute Gasteiger partial charge is 0.496 e. The number of aromatic nitrogens is 1. The van der Waals surface area contributed by atoms with E-state index in [1.807, 2.05) is 35.4 Å². The van der Waals surface area contributed by atoms with Crippen LogP contribution in [-0.4, -0.2) is 55.0 Å². The molecule has 1 N–H and O–H groups in total. The number of piperidine rings is 1. The molecule has 1 aromatic heterocycles. The van der Waals surface area contributed by atoms with Crippen LogP contribution >= 0.6 is 0 Å². The van der Waals surface area contributed by atoms with Crippen LogP contribution in [0.3, 0.4) is 0 Å². The topological polar surface area (TPSA) is 63.8 Å². The summed E-state index contributed by atoms with van der Waals surface area (Å²) in [5.41, 5.74) is 2.43. The fourth-order valence-corrected chi connectivity index (χ4v) is 3.64. The Morgan fingerprint density at radius 1 is 1.12 bits per heavy atom. The van der Waals surface area contributed by atoms with Crippen molar-refractivity contribution >= 4 is 5.91 Å². The van der Waals surface area contributed by atoms with E-state index in [0.29, 0.717) is 44.7 Å². The number of aromatic amines is 1. The lowest BCUT2D eigenvalue weighted by molar-refractivity contribution is -0.181. The van der Waals surface area contributed by atoms with Crippen molar-refractivity contribution in [3.8, 4) is 16.9 Å². The Bertz CT molecular complexity index is 754. The molecular formula is C19H22N2O4. The van der Waals surface area contributed by atoms with Gasteiger partial charge in [-0.15, -0.1) is 0 Å². The van der Waals surface area contributed by atoms with Crippen LogP contribution in [0.4, 0.5) is 0 Å². The highest BCUT2D eigenvalue weighted by molar-refractivity contribution is 6.01. The molecule has 1 amide bonds. The van der Waals surface area contributed by atoms with Gasteiger partial charge in [0.2, 0.25) is 0 Å². The number of rotatable bonds is 3. The maximum absolute atomic E-state index is 13.0. The number of benzene rings is 1. The van der Waals surface area contributed by atoms with Crippen LogP contribution in [0.25, 0.3) is 11.1 Å². The second-order valence-corrected chi connectivity index (χ2v) is 6.38. The van der Waals surface area contributed by atoms with E-state index in [-0.39, 0.29) is 5.91 Å². The highest BCUT2D eigenvalue weighted by Crippen LogP contribution is 2.35. The molecule has 2 saturated heterocycles. The molecule has 2 aliphatic heterocycles. The quantitative estimate of drug-likeness (QED) is 0.931. The van der Waals surface area contributed by atoms with Gasteiger partial charge in [-0.25, -0.2) is 0 Å². The standard InChI is InChI=1S/C19H22N2O4/c1-23-17-5-3-2-4-14(17)15-12-20-13-16(15)18(22)21-8-6-19(7-9-21)24-10-11-25-19/h2-5,12-13,20H,6-11H2,1H3. The molecule has 1 aromatic carbocycles. The molecule has 0 saturated carbocycles. The van der Waals surface area contributed by atoms with E-state index in [2.05, 4.69) is 4.98 Å². The van der Waals surface area contributed by atoms with E-state index < -0.39 is 5.79 Å². The normalized spacial score (nSPS) is 19.3. The minimum absolute atomic E-state index is 0.0232. The predicted octanol–water partition coefficient (Wildman–Crippen LogP) is 2.67. The number of likely N-dealkylation sites (tertiary alicyclic amines) is 1. The molecule has 3 heterocycles. The molecule has 0 atom stereocenters. The summed E-state index contributed by atoms with van der Waals surface area (Å²) in [6.07, 6.45) is 5.04. The maximum atomic E-state index is 13.0. The Balaban J connectivity index is 1.55. The van der Waals surface area contributed by atoms with E-state index in [0.717, 1.165) is 16.9 Å². The Kier molecular flexibility index (Phi) is 4.23. The van der Waals surface area contributed by atoms with Gasteiger partial charge >= 0.3 is 0 Å². The number of para-hydroxylation sites is 1. The number of carbonyl (C=O) groups is 1. The minimum atomic E-state index is -0.472. The molecule has 0 bridgehead atoms. The van der Waals surface area contributed by atoms with E-state index in [1.165, 1.54) is 0 Å². The third-order valence-corrected chi connectivity index (χ3v) is 5.00. The van der Waals surface area contributed by atoms with E-state index in [4.69, 9.17) is 14.2 Å². The van der Waals surface area contributed by atoms with Gasteiger partial charge in [0, 0.05) is 49.5 Å². The zero-order valence-electron chi connectivity index (χ0n) is 14.3. The maximum Gasteiger partial charge on any atom is 0.256 e. The number of hydrogen-bond donors (Lipinski definition) is 1. The molecule has 2 aliphatic rings. The van der Waals surface area contributed by atoms with Gasteiger partial charge in [0.05, 0.1) is 25.9 Å². The van der Waals surface area contributed by atoms with Gasteiger partial charge in [-0.1, -0.05) is 18.2 Å². The number of carbonyl (C=O) groups excluding carboxylic acids is 1. The van der Waals surface area contributed by atoms with Crippen molar-refractivity contribution in [2.24, 2.45) is 0 Å². The second kappa shape index (κ2) is 6.54. The number of amides is 1. The Morgan fingerprint density at radius 3 is 2.56 bits per heavy atom. The first kappa shape index (κ1) is 16.2. The highest BCUT2D eigenvalue weighted by Gasteiger charge is 2.41. The van der Waals surface area contributed by atoms with Crippen molar-refractivity contribution < 1.29 is 19.0 Å². The van der Waals surface area contributed by atoms with E-state index in [9.17, 15) is 4.79 Å². The van der Waals surface area contributed by atoms with Gasteiger partial charge in [-0.2, -0.15) is 0 Å². The molecule has 4 rings (SSSR count). The minimum Gasteiger partial charge on any atom is -0.496 e. The summed E-state index contributed by atoms with van der Waals surface area (Å²) in [6, 6.07) is 7.72. The first-order valence-electron chi connectivity index (χ1n) is 8.60. The fraction of sp³-hybridized carbons (Fsp3) is 0.421. The predicted molar refractivity (Wildman–Crippen MR) is 92.6 cm³/mol. The van der Waals surface area contributed by atoms with Gasteiger partial charge in [0.1, 0.15) is 5.75 Å². The summed E-state index contributed by atoms with van der Waals surface area (Å²) < 4.78 is 16.9. The van der Waals surface area contributed by atoms with Gasteiger partial charge in [0.25, 0.3) is 5.91 Å². The van der Waals surface area contributed by atoms with Crippen molar-refractivity contribution in [2.45, 2.75) is 18.6 Å². The van der Waals surface area contributed by atoms with Crippen LogP contribution in [0, 0.1) is 0 Å². The van der Waals surface area contributed by atoms with Gasteiger partial charge < -0.3 is 24.1 Å². The zero-order chi connectivity index (χ0) is 17.3. The molecule has 0 radical (unpaired) electrons. The average Bonchev–Trinajstić information content (AvgIpc) is 3.32. The number of ether oxygens (including phenoxy) is 3. The monoisotopic (exact) mass is 342 g/mol. The van der Waals surface area contributed by atoms with Gasteiger partial charge in [0.15, 0.2) is 5.79 Å². The van der Waals surface area contributed by atoms with Crippen LogP contribution in [-0.2, 0) is 9.47 Å². The average molecular weight is 342 g/mol. The van der Waals surface area contributed by atoms with Crippen molar-refractivity contribution in [1.82, 2.24) is 9.88 Å². The lowest BCUT2D eigenvalue weighted by Gasteiger charge is -2.37. The molecule has 2 fully saturated rings. The summed E-state index contributed by atoms with van der Waals surface area (Å²) in [4.78, 5) is 18.0. The Morgan fingerprint density at radius 2 is 1.84 bits per heavy atom. The molecule has 1 spiro atoms. The lowest BCUT2D eigenvalue weighted by Crippen LogP contribution is -2.47. The number of hydrogen-bond acceptors (Lipinski definition) is 4. The summed E-state index contributed by atoms with van der Waals surface area (Å²) >= 11 is 0. The third kappa shape index (κ3) is 2.92. The number of nitrogens with zero attached hydrogens (tertiary/aromatic N) is 1. The summed E-state index contributed by atoms with van der Waals surface area (Å²) in [5, 5.41) is 0. The third-order valence-electron chi connectivity index (χ3n) is 5.00. The summed E-state index contributed by atoms with van der Waals surface area (Å²) in [5.74, 6) is 0.303. The smallest absolute Gasteiger partial charge is 0.256 e. The molecule has 6 heteroatoms. The van der Waals surface area contributed by atoms with Crippen molar-refractivity contribution in [2.75, 3.05) is 33.4 Å². The summed E-state index contributed by atoms with van der Waals surface area (Å²) in [6.45, 7) is 2.55. The second-order valence-electron chi connectivity index (χ2n) is 6.38. The molecule has 0 aliphatic carbocycles. The number of H-pyrrole nitrogens is 1. The van der Waals surface area contributed by atoms with E-state index >= 15 is 0 Å². The van der Waals surface area contributed by atoms with Gasteiger partial charge in [-0.05, 0) is 6.07 Å². The zero-order valence-corrected chi connectivity index (χ0v) is 14.3. The summed E-state index contributed by atoms with van der Waals surface area (Å²) in [7, 11) is 1.64. The van der Waals surface area contributed by atoms with Crippen molar-refractivity contribution in [3.63, 3.8) is 0 Å². The van der Waals surface area contributed by atoms with Gasteiger partial charge in [-0.3, -0.25) is 4.79 Å². The van der Waals surface area contributed by atoms with Crippen LogP contribution in [0.15, 0.2) is 36.7 Å². The highest BCUT2D eigenvalue weighted by atomic mass is 16.7. The molecule has 2 aromatic rings. The molecule has 0 unspecified atom stereocenters. The SMILES string of the molecule is COc1ccccc1-c1c[nH]cc1C(=O)N1CCC2(CC1)OCCO2.